The molecule has 2 aromatic rings. The first-order valence-electron chi connectivity index (χ1n) is 5.59. The fourth-order valence-electron chi connectivity index (χ4n) is 1.73. The Morgan fingerprint density at radius 2 is 2.12 bits per heavy atom. The Morgan fingerprint density at radius 1 is 1.35 bits per heavy atom. The van der Waals surface area contributed by atoms with Crippen LogP contribution in [0.4, 0.5) is 0 Å². The van der Waals surface area contributed by atoms with Crippen LogP contribution in [0.2, 0.25) is 5.02 Å². The van der Waals surface area contributed by atoms with Gasteiger partial charge < -0.3 is 5.73 Å². The lowest BCUT2D eigenvalue weighted by molar-refractivity contribution is 0.967. The van der Waals surface area contributed by atoms with Crippen molar-refractivity contribution >= 4 is 22.9 Å². The third-order valence-corrected chi connectivity index (χ3v) is 4.19. The van der Waals surface area contributed by atoms with E-state index < -0.39 is 0 Å². The number of hydrogen-bond donors (Lipinski definition) is 1. The maximum Gasteiger partial charge on any atom is 0.0975 e. The normalized spacial score (nSPS) is 10.8. The number of thiazole rings is 1. The topological polar surface area (TPSA) is 38.9 Å². The lowest BCUT2D eigenvalue weighted by Crippen LogP contribution is -2.01. The van der Waals surface area contributed by atoms with E-state index in [0.29, 0.717) is 6.54 Å². The molecule has 90 valence electrons. The number of aryl methyl sites for hydroxylation is 1. The number of nitrogens with zero attached hydrogens (tertiary/aromatic N) is 1. The molecule has 0 spiro atoms. The molecule has 1 heterocycles. The molecule has 0 saturated heterocycles. The fourth-order valence-corrected chi connectivity index (χ4v) is 3.04. The maximum absolute atomic E-state index is 6.14. The zero-order chi connectivity index (χ0) is 12.3. The molecule has 0 saturated carbocycles. The van der Waals surface area contributed by atoms with E-state index in [1.165, 1.54) is 4.88 Å². The van der Waals surface area contributed by atoms with E-state index in [1.54, 1.807) is 11.3 Å². The monoisotopic (exact) mass is 266 g/mol. The van der Waals surface area contributed by atoms with Crippen molar-refractivity contribution in [1.82, 2.24) is 4.98 Å². The summed E-state index contributed by atoms with van der Waals surface area (Å²) in [6.07, 6.45) is 1.71. The van der Waals surface area contributed by atoms with E-state index in [9.17, 15) is 0 Å². The van der Waals surface area contributed by atoms with Gasteiger partial charge in [-0.2, -0.15) is 0 Å². The quantitative estimate of drug-likeness (QED) is 0.923. The van der Waals surface area contributed by atoms with E-state index >= 15 is 0 Å². The SMILES string of the molecule is Cc1nc(Cc2ccccc2Cl)sc1CCN. The minimum atomic E-state index is 0.675. The van der Waals surface area contributed by atoms with Gasteiger partial charge in [0.25, 0.3) is 0 Å². The molecule has 0 radical (unpaired) electrons. The molecule has 2 rings (SSSR count). The highest BCUT2D eigenvalue weighted by molar-refractivity contribution is 7.11. The molecule has 0 fully saturated rings. The van der Waals surface area contributed by atoms with Crippen molar-refractivity contribution in [2.75, 3.05) is 6.54 Å². The van der Waals surface area contributed by atoms with Gasteiger partial charge >= 0.3 is 0 Å². The van der Waals surface area contributed by atoms with Crippen LogP contribution in [0.15, 0.2) is 24.3 Å². The van der Waals surface area contributed by atoms with E-state index in [4.69, 9.17) is 17.3 Å². The lowest BCUT2D eigenvalue weighted by Gasteiger charge is -2.00. The van der Waals surface area contributed by atoms with Gasteiger partial charge in [0, 0.05) is 16.3 Å². The third kappa shape index (κ3) is 3.06. The fraction of sp³-hybridized carbons (Fsp3) is 0.308. The molecule has 2 N–H and O–H groups in total. The van der Waals surface area contributed by atoms with Crippen molar-refractivity contribution in [3.05, 3.63) is 50.4 Å². The molecule has 0 amide bonds. The number of hydrogen-bond acceptors (Lipinski definition) is 3. The summed E-state index contributed by atoms with van der Waals surface area (Å²) in [5.74, 6) is 0. The van der Waals surface area contributed by atoms with Crippen LogP contribution in [0.25, 0.3) is 0 Å². The van der Waals surface area contributed by atoms with Crippen molar-refractivity contribution in [2.45, 2.75) is 19.8 Å². The highest BCUT2D eigenvalue weighted by Gasteiger charge is 2.08. The first-order valence-corrected chi connectivity index (χ1v) is 6.79. The largest absolute Gasteiger partial charge is 0.330 e. The van der Waals surface area contributed by atoms with Crippen LogP contribution in [0.5, 0.6) is 0 Å². The Balaban J connectivity index is 2.19. The summed E-state index contributed by atoms with van der Waals surface area (Å²) in [4.78, 5) is 5.86. The molecule has 1 aromatic heterocycles. The zero-order valence-corrected chi connectivity index (χ0v) is 11.3. The molecule has 17 heavy (non-hydrogen) atoms. The third-order valence-electron chi connectivity index (χ3n) is 2.61. The first-order chi connectivity index (χ1) is 8.20. The summed E-state index contributed by atoms with van der Waals surface area (Å²) < 4.78 is 0. The molecule has 1 aromatic carbocycles. The van der Waals surface area contributed by atoms with Gasteiger partial charge in [0.05, 0.1) is 10.7 Å². The van der Waals surface area contributed by atoms with E-state index in [2.05, 4.69) is 4.98 Å². The average molecular weight is 267 g/mol. The second-order valence-electron chi connectivity index (χ2n) is 3.92. The molecular formula is C13H15ClN2S. The number of rotatable bonds is 4. The maximum atomic E-state index is 6.14. The molecule has 0 atom stereocenters. The minimum Gasteiger partial charge on any atom is -0.330 e. The lowest BCUT2D eigenvalue weighted by atomic mass is 10.1. The van der Waals surface area contributed by atoms with Crippen LogP contribution in [-0.4, -0.2) is 11.5 Å². The zero-order valence-electron chi connectivity index (χ0n) is 9.74. The smallest absolute Gasteiger partial charge is 0.0975 e. The molecule has 0 aliphatic carbocycles. The number of aromatic nitrogens is 1. The number of nitrogens with two attached hydrogens (primary N) is 1. The molecule has 0 bridgehead atoms. The summed E-state index contributed by atoms with van der Waals surface area (Å²) in [6.45, 7) is 2.71. The highest BCUT2D eigenvalue weighted by Crippen LogP contribution is 2.24. The van der Waals surface area contributed by atoms with Crippen molar-refractivity contribution < 1.29 is 0 Å². The Bertz CT molecular complexity index is 508. The van der Waals surface area contributed by atoms with Gasteiger partial charge in [-0.25, -0.2) is 4.98 Å². The van der Waals surface area contributed by atoms with Gasteiger partial charge in [-0.1, -0.05) is 29.8 Å². The van der Waals surface area contributed by atoms with Gasteiger partial charge in [0.15, 0.2) is 0 Å². The van der Waals surface area contributed by atoms with Crippen molar-refractivity contribution in [3.63, 3.8) is 0 Å². The molecule has 2 nitrogen and oxygen atoms in total. The van der Waals surface area contributed by atoms with Crippen LogP contribution < -0.4 is 5.73 Å². The van der Waals surface area contributed by atoms with Gasteiger partial charge in [-0.15, -0.1) is 11.3 Å². The predicted molar refractivity (Wildman–Crippen MR) is 73.9 cm³/mol. The molecule has 0 aliphatic rings. The molecular weight excluding hydrogens is 252 g/mol. The Labute approximate surface area is 110 Å². The summed E-state index contributed by atoms with van der Waals surface area (Å²) in [5.41, 5.74) is 7.80. The standard InChI is InChI=1S/C13H15ClN2S/c1-9-12(6-7-15)17-13(16-9)8-10-4-2-3-5-11(10)14/h2-5H,6-8,15H2,1H3. The Morgan fingerprint density at radius 3 is 2.82 bits per heavy atom. The van der Waals surface area contributed by atoms with Gasteiger partial charge in [0.1, 0.15) is 0 Å². The molecule has 0 unspecified atom stereocenters. The summed E-state index contributed by atoms with van der Waals surface area (Å²) in [6, 6.07) is 7.90. The van der Waals surface area contributed by atoms with Crippen LogP contribution in [0.3, 0.4) is 0 Å². The van der Waals surface area contributed by atoms with E-state index in [-0.39, 0.29) is 0 Å². The Hall–Kier alpha value is -0.900. The van der Waals surface area contributed by atoms with Crippen LogP contribution in [0.1, 0.15) is 21.1 Å². The van der Waals surface area contributed by atoms with Crippen molar-refractivity contribution in [2.24, 2.45) is 5.73 Å². The predicted octanol–water partition coefficient (Wildman–Crippen LogP) is 3.20. The van der Waals surface area contributed by atoms with Gasteiger partial charge in [0.2, 0.25) is 0 Å². The summed E-state index contributed by atoms with van der Waals surface area (Å²) >= 11 is 7.88. The van der Waals surface area contributed by atoms with Crippen molar-refractivity contribution in [3.8, 4) is 0 Å². The number of benzene rings is 1. The van der Waals surface area contributed by atoms with E-state index in [0.717, 1.165) is 34.1 Å². The second-order valence-corrected chi connectivity index (χ2v) is 5.50. The summed E-state index contributed by atoms with van der Waals surface area (Å²) in [5, 5.41) is 1.92. The first kappa shape index (κ1) is 12.6. The molecule has 0 aliphatic heterocycles. The average Bonchev–Trinajstić information content (AvgIpc) is 2.63. The van der Waals surface area contributed by atoms with Gasteiger partial charge in [-0.05, 0) is 31.5 Å². The van der Waals surface area contributed by atoms with Crippen LogP contribution in [0, 0.1) is 6.92 Å². The minimum absolute atomic E-state index is 0.675. The van der Waals surface area contributed by atoms with Crippen molar-refractivity contribution in [1.29, 1.82) is 0 Å². The molecule has 4 heteroatoms. The highest BCUT2D eigenvalue weighted by atomic mass is 35.5. The summed E-state index contributed by atoms with van der Waals surface area (Å²) in [7, 11) is 0. The number of halogens is 1. The van der Waals surface area contributed by atoms with Crippen LogP contribution in [-0.2, 0) is 12.8 Å². The van der Waals surface area contributed by atoms with E-state index in [1.807, 2.05) is 31.2 Å². The Kier molecular flexibility index (Phi) is 4.15. The van der Waals surface area contributed by atoms with Gasteiger partial charge in [-0.3, -0.25) is 0 Å². The second kappa shape index (κ2) is 5.63. The van der Waals surface area contributed by atoms with Crippen LogP contribution >= 0.6 is 22.9 Å².